The minimum atomic E-state index is 1.02. The van der Waals surface area contributed by atoms with Crippen molar-refractivity contribution < 1.29 is 0 Å². The first-order valence-corrected chi connectivity index (χ1v) is 6.96. The Morgan fingerprint density at radius 2 is 2.12 bits per heavy atom. The molecule has 0 fully saturated rings. The fourth-order valence-corrected chi connectivity index (χ4v) is 2.65. The van der Waals surface area contributed by atoms with Crippen LogP contribution in [0.1, 0.15) is 35.6 Å². The molecule has 0 atom stereocenters. The van der Waals surface area contributed by atoms with Crippen molar-refractivity contribution >= 4 is 11.3 Å². The second-order valence-electron chi connectivity index (χ2n) is 4.30. The quantitative estimate of drug-likeness (QED) is 0.737. The van der Waals surface area contributed by atoms with Gasteiger partial charge in [0.2, 0.25) is 0 Å². The molecular formula is C13H24N2S. The summed E-state index contributed by atoms with van der Waals surface area (Å²) in [6.45, 7) is 11.0. The lowest BCUT2D eigenvalue weighted by molar-refractivity contribution is 0.345. The lowest BCUT2D eigenvalue weighted by Crippen LogP contribution is -2.16. The summed E-state index contributed by atoms with van der Waals surface area (Å²) in [5, 5.41) is 3.46. The van der Waals surface area contributed by atoms with E-state index in [4.69, 9.17) is 0 Å². The number of nitrogens with zero attached hydrogens (tertiary/aromatic N) is 1. The molecule has 1 rings (SSSR count). The molecule has 0 aromatic carbocycles. The summed E-state index contributed by atoms with van der Waals surface area (Å²) in [5.41, 5.74) is 1.49. The van der Waals surface area contributed by atoms with Crippen LogP contribution in [-0.4, -0.2) is 25.0 Å². The zero-order chi connectivity index (χ0) is 12.0. The van der Waals surface area contributed by atoms with Crippen molar-refractivity contribution in [3.8, 4) is 0 Å². The first-order valence-electron chi connectivity index (χ1n) is 6.14. The van der Waals surface area contributed by atoms with Crippen molar-refractivity contribution in [2.45, 2.75) is 40.3 Å². The van der Waals surface area contributed by atoms with E-state index in [9.17, 15) is 0 Å². The molecule has 0 radical (unpaired) electrons. The molecule has 92 valence electrons. The summed E-state index contributed by atoms with van der Waals surface area (Å²) in [5.74, 6) is 0. The van der Waals surface area contributed by atoms with Crippen LogP contribution in [0.25, 0.3) is 0 Å². The average Bonchev–Trinajstić information content (AvgIpc) is 2.60. The molecule has 1 aromatic heterocycles. The van der Waals surface area contributed by atoms with Gasteiger partial charge in [-0.25, -0.2) is 0 Å². The number of nitrogens with one attached hydrogen (secondary N) is 1. The lowest BCUT2D eigenvalue weighted by atomic mass is 10.2. The van der Waals surface area contributed by atoms with Crippen molar-refractivity contribution in [1.29, 1.82) is 0 Å². The molecule has 0 bridgehead atoms. The average molecular weight is 240 g/mol. The zero-order valence-electron chi connectivity index (χ0n) is 11.0. The third kappa shape index (κ3) is 4.24. The van der Waals surface area contributed by atoms with Gasteiger partial charge in [0, 0.05) is 22.8 Å². The number of thiophene rings is 1. The molecule has 0 aliphatic heterocycles. The molecule has 0 amide bonds. The van der Waals surface area contributed by atoms with Gasteiger partial charge in [-0.15, -0.1) is 11.3 Å². The van der Waals surface area contributed by atoms with Crippen molar-refractivity contribution in [1.82, 2.24) is 10.2 Å². The van der Waals surface area contributed by atoms with Gasteiger partial charge in [0.25, 0.3) is 0 Å². The van der Waals surface area contributed by atoms with Crippen LogP contribution in [0.2, 0.25) is 0 Å². The number of hydrogen-bond donors (Lipinski definition) is 1. The van der Waals surface area contributed by atoms with Crippen molar-refractivity contribution in [2.75, 3.05) is 20.1 Å². The van der Waals surface area contributed by atoms with E-state index in [1.165, 1.54) is 21.7 Å². The monoisotopic (exact) mass is 240 g/mol. The molecule has 1 heterocycles. The number of hydrogen-bond acceptors (Lipinski definition) is 3. The van der Waals surface area contributed by atoms with Crippen molar-refractivity contribution in [2.24, 2.45) is 0 Å². The van der Waals surface area contributed by atoms with E-state index in [2.05, 4.69) is 44.1 Å². The molecular weight excluding hydrogens is 216 g/mol. The summed E-state index contributed by atoms with van der Waals surface area (Å²) in [6, 6.07) is 2.36. The molecule has 0 aliphatic carbocycles. The maximum Gasteiger partial charge on any atom is 0.0299 e. The van der Waals surface area contributed by atoms with Crippen molar-refractivity contribution in [3.63, 3.8) is 0 Å². The molecule has 1 aromatic rings. The molecule has 0 aliphatic rings. The van der Waals surface area contributed by atoms with E-state index in [-0.39, 0.29) is 0 Å². The number of aryl methyl sites for hydroxylation is 1. The van der Waals surface area contributed by atoms with Crippen LogP contribution in [0.15, 0.2) is 6.07 Å². The predicted octanol–water partition coefficient (Wildman–Crippen LogP) is 3.01. The first-order chi connectivity index (χ1) is 7.67. The normalized spacial score (nSPS) is 11.3. The Labute approximate surface area is 104 Å². The highest BCUT2D eigenvalue weighted by molar-refractivity contribution is 7.12. The summed E-state index contributed by atoms with van der Waals surface area (Å²) >= 11 is 1.93. The highest BCUT2D eigenvalue weighted by Gasteiger charge is 2.06. The second kappa shape index (κ2) is 7.05. The molecule has 3 heteroatoms. The summed E-state index contributed by atoms with van der Waals surface area (Å²) < 4.78 is 0. The van der Waals surface area contributed by atoms with E-state index in [1.807, 2.05) is 11.3 Å². The van der Waals surface area contributed by atoms with Crippen LogP contribution in [-0.2, 0) is 13.1 Å². The van der Waals surface area contributed by atoms with Crippen molar-refractivity contribution in [3.05, 3.63) is 21.4 Å². The Morgan fingerprint density at radius 1 is 1.38 bits per heavy atom. The summed E-state index contributed by atoms with van der Waals surface area (Å²) in [6.07, 6.45) is 1.20. The standard InChI is InChI=1S/C13H24N2S/c1-5-7-14-9-13-8-12(11(3)16-13)10-15(4)6-2/h8,14H,5-7,9-10H2,1-4H3. The minimum Gasteiger partial charge on any atom is -0.312 e. The van der Waals surface area contributed by atoms with Crippen LogP contribution in [0.5, 0.6) is 0 Å². The van der Waals surface area contributed by atoms with Gasteiger partial charge in [-0.05, 0) is 45.1 Å². The second-order valence-corrected chi connectivity index (χ2v) is 5.64. The van der Waals surface area contributed by atoms with Gasteiger partial charge in [0.1, 0.15) is 0 Å². The Hall–Kier alpha value is -0.380. The smallest absolute Gasteiger partial charge is 0.0299 e. The van der Waals surface area contributed by atoms with Gasteiger partial charge in [-0.3, -0.25) is 0 Å². The van der Waals surface area contributed by atoms with Crippen LogP contribution >= 0.6 is 11.3 Å². The molecule has 1 N–H and O–H groups in total. The molecule has 2 nitrogen and oxygen atoms in total. The fraction of sp³-hybridized carbons (Fsp3) is 0.692. The van der Waals surface area contributed by atoms with E-state index in [0.29, 0.717) is 0 Å². The van der Waals surface area contributed by atoms with Gasteiger partial charge in [0.15, 0.2) is 0 Å². The first kappa shape index (κ1) is 13.7. The molecule has 0 saturated heterocycles. The molecule has 0 saturated carbocycles. The third-order valence-electron chi connectivity index (χ3n) is 2.78. The summed E-state index contributed by atoms with van der Waals surface area (Å²) in [7, 11) is 2.17. The Bertz CT molecular complexity index is 307. The zero-order valence-corrected chi connectivity index (χ0v) is 11.8. The van der Waals surface area contributed by atoms with Crippen LogP contribution in [0.4, 0.5) is 0 Å². The molecule has 16 heavy (non-hydrogen) atoms. The van der Waals surface area contributed by atoms with E-state index < -0.39 is 0 Å². The molecule has 0 unspecified atom stereocenters. The molecule has 0 spiro atoms. The largest absolute Gasteiger partial charge is 0.312 e. The summed E-state index contributed by atoms with van der Waals surface area (Å²) in [4.78, 5) is 5.28. The SMILES string of the molecule is CCCNCc1cc(CN(C)CC)c(C)s1. The van der Waals surface area contributed by atoms with E-state index >= 15 is 0 Å². The minimum absolute atomic E-state index is 1.02. The lowest BCUT2D eigenvalue weighted by Gasteiger charge is -2.12. The van der Waals surface area contributed by atoms with Gasteiger partial charge >= 0.3 is 0 Å². The highest BCUT2D eigenvalue weighted by Crippen LogP contribution is 2.22. The Balaban J connectivity index is 2.52. The Morgan fingerprint density at radius 3 is 2.75 bits per heavy atom. The predicted molar refractivity (Wildman–Crippen MR) is 73.1 cm³/mol. The maximum atomic E-state index is 3.46. The van der Waals surface area contributed by atoms with E-state index in [0.717, 1.165) is 26.2 Å². The fourth-order valence-electron chi connectivity index (χ4n) is 1.62. The van der Waals surface area contributed by atoms with Gasteiger partial charge in [0.05, 0.1) is 0 Å². The number of rotatable bonds is 7. The van der Waals surface area contributed by atoms with E-state index in [1.54, 1.807) is 0 Å². The highest BCUT2D eigenvalue weighted by atomic mass is 32.1. The third-order valence-corrected chi connectivity index (χ3v) is 3.87. The van der Waals surface area contributed by atoms with Crippen LogP contribution in [0.3, 0.4) is 0 Å². The maximum absolute atomic E-state index is 3.46. The van der Waals surface area contributed by atoms with Gasteiger partial charge in [-0.1, -0.05) is 13.8 Å². The topological polar surface area (TPSA) is 15.3 Å². The Kier molecular flexibility index (Phi) is 6.03. The van der Waals surface area contributed by atoms with Gasteiger partial charge < -0.3 is 10.2 Å². The van der Waals surface area contributed by atoms with Crippen LogP contribution < -0.4 is 5.32 Å². The van der Waals surface area contributed by atoms with Crippen LogP contribution in [0, 0.1) is 6.92 Å². The van der Waals surface area contributed by atoms with Gasteiger partial charge in [-0.2, -0.15) is 0 Å².